The summed E-state index contributed by atoms with van der Waals surface area (Å²) in [5.41, 5.74) is 2.43. The predicted octanol–water partition coefficient (Wildman–Crippen LogP) is 3.03. The fourth-order valence-corrected chi connectivity index (χ4v) is 4.74. The van der Waals surface area contributed by atoms with Gasteiger partial charge in [0.05, 0.1) is 5.56 Å². The molecule has 5 rings (SSSR count). The van der Waals surface area contributed by atoms with Crippen LogP contribution in [0, 0.1) is 0 Å². The minimum Gasteiger partial charge on any atom is -0.508 e. The maximum Gasteiger partial charge on any atom is 0.258 e. The van der Waals surface area contributed by atoms with E-state index in [9.17, 15) is 14.7 Å². The number of hydrogen-bond acceptors (Lipinski definition) is 6. The Hall–Kier alpha value is -3.09. The lowest BCUT2D eigenvalue weighted by atomic mass is 9.76. The number of hydrogen-bond donors (Lipinski definition) is 3. The number of nitrogens with one attached hydrogen (secondary N) is 2. The van der Waals surface area contributed by atoms with Crippen molar-refractivity contribution < 1.29 is 9.90 Å². The van der Waals surface area contributed by atoms with Gasteiger partial charge in [-0.2, -0.15) is 4.98 Å². The second-order valence-corrected chi connectivity index (χ2v) is 8.02. The number of aromatic nitrogens is 2. The number of fused-ring (bicyclic) bond motifs is 1. The molecule has 1 saturated heterocycles. The summed E-state index contributed by atoms with van der Waals surface area (Å²) in [7, 11) is 0. The normalized spacial score (nSPS) is 21.4. The number of H-pyrrole nitrogens is 1. The molecule has 3 heterocycles. The molecule has 0 bridgehead atoms. The maximum atomic E-state index is 13.2. The van der Waals surface area contributed by atoms with E-state index in [1.807, 2.05) is 6.07 Å². The number of anilines is 2. The molecule has 1 aromatic carbocycles. The summed E-state index contributed by atoms with van der Waals surface area (Å²) in [6.45, 7) is 1.76. The maximum absolute atomic E-state index is 13.2. The summed E-state index contributed by atoms with van der Waals surface area (Å²) in [6, 6.07) is 6.81. The Labute approximate surface area is 168 Å². The first-order valence-electron chi connectivity index (χ1n) is 10.3. The summed E-state index contributed by atoms with van der Waals surface area (Å²) in [5.74, 6) is 0.755. The fourth-order valence-electron chi connectivity index (χ4n) is 4.74. The van der Waals surface area contributed by atoms with E-state index in [2.05, 4.69) is 15.2 Å². The number of phenolic OH excluding ortho intramolecular Hbond substituents is 1. The van der Waals surface area contributed by atoms with Crippen LogP contribution in [-0.4, -0.2) is 33.9 Å². The molecule has 1 fully saturated rings. The van der Waals surface area contributed by atoms with Gasteiger partial charge in [-0.1, -0.05) is 12.1 Å². The largest absolute Gasteiger partial charge is 0.508 e. The van der Waals surface area contributed by atoms with Crippen molar-refractivity contribution in [3.05, 3.63) is 57.0 Å². The SMILES string of the molecule is O=C1CCCC2=C1[C@H](c1cccc(O)c1)c1c(nc(N3CCCCC3)[nH]c1=O)N2. The van der Waals surface area contributed by atoms with Crippen LogP contribution in [0.3, 0.4) is 0 Å². The van der Waals surface area contributed by atoms with Gasteiger partial charge in [-0.25, -0.2) is 0 Å². The molecule has 1 aliphatic carbocycles. The topological polar surface area (TPSA) is 98.3 Å². The highest BCUT2D eigenvalue weighted by Crippen LogP contribution is 2.44. The van der Waals surface area contributed by atoms with Crippen LogP contribution in [0.25, 0.3) is 0 Å². The third-order valence-electron chi connectivity index (χ3n) is 6.10. The first-order valence-corrected chi connectivity index (χ1v) is 10.3. The van der Waals surface area contributed by atoms with E-state index in [1.54, 1.807) is 18.2 Å². The van der Waals surface area contributed by atoms with Gasteiger partial charge in [-0.15, -0.1) is 0 Å². The van der Waals surface area contributed by atoms with Gasteiger partial charge in [0, 0.05) is 36.7 Å². The molecule has 1 atom stereocenters. The third kappa shape index (κ3) is 3.10. The zero-order valence-electron chi connectivity index (χ0n) is 16.2. The number of aromatic amines is 1. The first kappa shape index (κ1) is 18.0. The van der Waals surface area contributed by atoms with Gasteiger partial charge in [0.2, 0.25) is 5.95 Å². The highest BCUT2D eigenvalue weighted by molar-refractivity contribution is 6.00. The monoisotopic (exact) mass is 392 g/mol. The number of carbonyl (C=O) groups is 1. The number of Topliss-reactive ketones (excluding diaryl/α,β-unsaturated/α-hetero) is 1. The van der Waals surface area contributed by atoms with Crippen molar-refractivity contribution in [3.8, 4) is 5.75 Å². The van der Waals surface area contributed by atoms with Crippen LogP contribution in [0.2, 0.25) is 0 Å². The van der Waals surface area contributed by atoms with Gasteiger partial charge in [0.15, 0.2) is 5.78 Å². The summed E-state index contributed by atoms with van der Waals surface area (Å²) in [4.78, 5) is 35.9. The molecule has 0 saturated carbocycles. The van der Waals surface area contributed by atoms with Crippen LogP contribution in [-0.2, 0) is 4.79 Å². The number of carbonyl (C=O) groups excluding carboxylic acids is 1. The fraction of sp³-hybridized carbons (Fsp3) is 0.409. The highest BCUT2D eigenvalue weighted by Gasteiger charge is 2.38. The Morgan fingerprint density at radius 1 is 1.07 bits per heavy atom. The summed E-state index contributed by atoms with van der Waals surface area (Å²) in [6.07, 6.45) is 5.39. The standard InChI is InChI=1S/C22H24N4O3/c27-14-7-4-6-13(12-14)17-18-15(8-5-9-16(18)28)23-20-19(17)21(29)25-22(24-20)26-10-2-1-3-11-26/h4,6-7,12,17,27H,1-3,5,8-11H2,(H2,23,24,25,29)/t17-/m0/s1. The lowest BCUT2D eigenvalue weighted by molar-refractivity contribution is -0.116. The molecule has 1 aromatic heterocycles. The molecule has 150 valence electrons. The zero-order chi connectivity index (χ0) is 20.0. The number of allylic oxidation sites excluding steroid dienone is 2. The van der Waals surface area contributed by atoms with Crippen molar-refractivity contribution in [2.75, 3.05) is 23.3 Å². The second-order valence-electron chi connectivity index (χ2n) is 8.02. The molecule has 2 aromatic rings. The van der Waals surface area contributed by atoms with Crippen LogP contribution in [0.15, 0.2) is 40.3 Å². The van der Waals surface area contributed by atoms with Crippen molar-refractivity contribution in [1.29, 1.82) is 0 Å². The molecular weight excluding hydrogens is 368 g/mol. The molecule has 0 amide bonds. The molecule has 0 unspecified atom stereocenters. The van der Waals surface area contributed by atoms with E-state index in [1.165, 1.54) is 6.42 Å². The molecule has 2 aliphatic heterocycles. The Bertz CT molecular complexity index is 1070. The average molecular weight is 392 g/mol. The Balaban J connectivity index is 1.68. The minimum atomic E-state index is -0.521. The first-order chi connectivity index (χ1) is 14.1. The lowest BCUT2D eigenvalue weighted by Gasteiger charge is -2.34. The average Bonchev–Trinajstić information content (AvgIpc) is 2.73. The summed E-state index contributed by atoms with van der Waals surface area (Å²) >= 11 is 0. The molecule has 0 radical (unpaired) electrons. The van der Waals surface area contributed by atoms with Gasteiger partial charge in [-0.05, 0) is 49.8 Å². The Morgan fingerprint density at radius 3 is 2.69 bits per heavy atom. The van der Waals surface area contributed by atoms with Crippen LogP contribution >= 0.6 is 0 Å². The van der Waals surface area contributed by atoms with Crippen LogP contribution in [0.4, 0.5) is 11.8 Å². The van der Waals surface area contributed by atoms with Crippen molar-refractivity contribution in [2.24, 2.45) is 0 Å². The van der Waals surface area contributed by atoms with E-state index in [0.717, 1.165) is 50.0 Å². The third-order valence-corrected chi connectivity index (χ3v) is 6.10. The van der Waals surface area contributed by atoms with Crippen molar-refractivity contribution >= 4 is 17.5 Å². The van der Waals surface area contributed by atoms with Crippen LogP contribution in [0.5, 0.6) is 5.75 Å². The smallest absolute Gasteiger partial charge is 0.258 e. The highest BCUT2D eigenvalue weighted by atomic mass is 16.3. The predicted molar refractivity (Wildman–Crippen MR) is 110 cm³/mol. The number of rotatable bonds is 2. The van der Waals surface area contributed by atoms with Gasteiger partial charge in [0.1, 0.15) is 11.6 Å². The molecule has 3 aliphatic rings. The number of ketones is 1. The van der Waals surface area contributed by atoms with E-state index >= 15 is 0 Å². The van der Waals surface area contributed by atoms with Gasteiger partial charge in [0.25, 0.3) is 5.56 Å². The molecule has 7 nitrogen and oxygen atoms in total. The number of benzene rings is 1. The number of phenols is 1. The van der Waals surface area contributed by atoms with Gasteiger partial charge < -0.3 is 15.3 Å². The second kappa shape index (κ2) is 7.06. The summed E-state index contributed by atoms with van der Waals surface area (Å²) < 4.78 is 0. The number of nitrogens with zero attached hydrogens (tertiary/aromatic N) is 2. The minimum absolute atomic E-state index is 0.0530. The number of piperidine rings is 1. The van der Waals surface area contributed by atoms with E-state index in [-0.39, 0.29) is 17.1 Å². The zero-order valence-corrected chi connectivity index (χ0v) is 16.2. The van der Waals surface area contributed by atoms with Crippen LogP contribution in [0.1, 0.15) is 55.6 Å². The van der Waals surface area contributed by atoms with Crippen molar-refractivity contribution in [2.45, 2.75) is 44.4 Å². The van der Waals surface area contributed by atoms with E-state index in [4.69, 9.17) is 4.98 Å². The quantitative estimate of drug-likeness (QED) is 0.727. The van der Waals surface area contributed by atoms with Gasteiger partial charge in [-0.3, -0.25) is 14.6 Å². The summed E-state index contributed by atoms with van der Waals surface area (Å²) in [5, 5.41) is 13.3. The van der Waals surface area contributed by atoms with E-state index in [0.29, 0.717) is 29.3 Å². The van der Waals surface area contributed by atoms with Crippen molar-refractivity contribution in [1.82, 2.24) is 9.97 Å². The van der Waals surface area contributed by atoms with Crippen LogP contribution < -0.4 is 15.8 Å². The molecular formula is C22H24N4O3. The Morgan fingerprint density at radius 2 is 1.90 bits per heavy atom. The molecule has 29 heavy (non-hydrogen) atoms. The van der Waals surface area contributed by atoms with Crippen molar-refractivity contribution in [3.63, 3.8) is 0 Å². The van der Waals surface area contributed by atoms with Gasteiger partial charge >= 0.3 is 0 Å². The lowest BCUT2D eigenvalue weighted by Crippen LogP contribution is -2.36. The molecule has 3 N–H and O–H groups in total. The Kier molecular flexibility index (Phi) is 4.38. The molecule has 7 heteroatoms. The van der Waals surface area contributed by atoms with E-state index < -0.39 is 5.92 Å². The molecule has 0 spiro atoms. The number of aromatic hydroxyl groups is 1.